The minimum Gasteiger partial charge on any atom is -0.490 e. The molecular weight excluding hydrogens is 316 g/mol. The number of pyridine rings is 1. The first kappa shape index (κ1) is 17.5. The molecule has 1 aromatic carbocycles. The second kappa shape index (κ2) is 7.30. The Bertz CT molecular complexity index is 726. The van der Waals surface area contributed by atoms with Crippen LogP contribution in [0.5, 0.6) is 5.75 Å². The molecule has 1 fully saturated rings. The number of hydrogen-bond acceptors (Lipinski definition) is 4. The first-order valence-electron chi connectivity index (χ1n) is 8.91. The monoisotopic (exact) mass is 342 g/mol. The highest BCUT2D eigenvalue weighted by Crippen LogP contribution is 2.28. The third kappa shape index (κ3) is 4.84. The van der Waals surface area contributed by atoms with Crippen LogP contribution in [0.3, 0.4) is 0 Å². The second-order valence-electron chi connectivity index (χ2n) is 7.56. The van der Waals surface area contributed by atoms with Crippen LogP contribution in [-0.2, 0) is 4.74 Å². The summed E-state index contributed by atoms with van der Waals surface area (Å²) in [4.78, 5) is 16.2. The SMILES string of the molecule is CC(C)(C)OC(=O)N[C@H]1CC[C@H](Oc2ccnc3ccccc23)CC1. The molecule has 1 aliphatic rings. The fourth-order valence-electron chi connectivity index (χ4n) is 3.15. The van der Waals surface area contributed by atoms with Crippen molar-refractivity contribution in [3.63, 3.8) is 0 Å². The van der Waals surface area contributed by atoms with E-state index >= 15 is 0 Å². The molecule has 5 heteroatoms. The van der Waals surface area contributed by atoms with Crippen molar-refractivity contribution in [2.75, 3.05) is 0 Å². The van der Waals surface area contributed by atoms with Gasteiger partial charge in [0.15, 0.2) is 0 Å². The summed E-state index contributed by atoms with van der Waals surface area (Å²) in [6.07, 6.45) is 5.24. The van der Waals surface area contributed by atoms with Gasteiger partial charge in [-0.25, -0.2) is 4.79 Å². The predicted molar refractivity (Wildman–Crippen MR) is 97.8 cm³/mol. The molecule has 0 radical (unpaired) electrons. The Morgan fingerprint density at radius 3 is 2.56 bits per heavy atom. The summed E-state index contributed by atoms with van der Waals surface area (Å²) in [7, 11) is 0. The summed E-state index contributed by atoms with van der Waals surface area (Å²) in [6, 6.07) is 10.1. The van der Waals surface area contributed by atoms with Gasteiger partial charge in [0, 0.05) is 17.6 Å². The van der Waals surface area contributed by atoms with E-state index in [1.165, 1.54) is 0 Å². The van der Waals surface area contributed by atoms with Crippen molar-refractivity contribution in [1.82, 2.24) is 10.3 Å². The number of benzene rings is 1. The maximum absolute atomic E-state index is 11.9. The number of nitrogens with zero attached hydrogens (tertiary/aromatic N) is 1. The van der Waals surface area contributed by atoms with E-state index in [0.717, 1.165) is 42.3 Å². The van der Waals surface area contributed by atoms with Gasteiger partial charge in [-0.2, -0.15) is 0 Å². The van der Waals surface area contributed by atoms with Gasteiger partial charge in [0.25, 0.3) is 0 Å². The molecule has 1 heterocycles. The number of aromatic nitrogens is 1. The van der Waals surface area contributed by atoms with Gasteiger partial charge < -0.3 is 14.8 Å². The minimum atomic E-state index is -0.465. The van der Waals surface area contributed by atoms with E-state index in [0.29, 0.717) is 0 Å². The van der Waals surface area contributed by atoms with E-state index in [1.807, 2.05) is 51.1 Å². The van der Waals surface area contributed by atoms with Gasteiger partial charge >= 0.3 is 6.09 Å². The minimum absolute atomic E-state index is 0.156. The molecule has 2 aromatic rings. The predicted octanol–water partition coefficient (Wildman–Crippen LogP) is 4.45. The lowest BCUT2D eigenvalue weighted by molar-refractivity contribution is 0.0471. The smallest absolute Gasteiger partial charge is 0.407 e. The molecule has 1 N–H and O–H groups in total. The molecule has 1 aromatic heterocycles. The van der Waals surface area contributed by atoms with Gasteiger partial charge in [0.1, 0.15) is 11.4 Å². The maximum atomic E-state index is 11.9. The molecule has 25 heavy (non-hydrogen) atoms. The van der Waals surface area contributed by atoms with Gasteiger partial charge in [0.2, 0.25) is 0 Å². The molecule has 1 saturated carbocycles. The Morgan fingerprint density at radius 2 is 1.84 bits per heavy atom. The number of rotatable bonds is 3. The lowest BCUT2D eigenvalue weighted by Gasteiger charge is -2.30. The molecule has 1 aliphatic carbocycles. The van der Waals surface area contributed by atoms with Crippen LogP contribution in [0.25, 0.3) is 10.9 Å². The number of carbonyl (C=O) groups excluding carboxylic acids is 1. The highest BCUT2D eigenvalue weighted by Gasteiger charge is 2.26. The number of hydrogen-bond donors (Lipinski definition) is 1. The highest BCUT2D eigenvalue weighted by atomic mass is 16.6. The Morgan fingerprint density at radius 1 is 1.12 bits per heavy atom. The molecular formula is C20H26N2O3. The van der Waals surface area contributed by atoms with Crippen LogP contribution >= 0.6 is 0 Å². The van der Waals surface area contributed by atoms with Gasteiger partial charge in [0.05, 0.1) is 11.6 Å². The van der Waals surface area contributed by atoms with Crippen LogP contribution in [0.15, 0.2) is 36.5 Å². The van der Waals surface area contributed by atoms with Crippen LogP contribution < -0.4 is 10.1 Å². The summed E-state index contributed by atoms with van der Waals surface area (Å²) >= 11 is 0. The fraction of sp³-hybridized carbons (Fsp3) is 0.500. The van der Waals surface area contributed by atoms with E-state index in [-0.39, 0.29) is 18.2 Å². The van der Waals surface area contributed by atoms with Crippen LogP contribution in [-0.4, -0.2) is 28.8 Å². The quantitative estimate of drug-likeness (QED) is 0.895. The Labute approximate surface area is 148 Å². The summed E-state index contributed by atoms with van der Waals surface area (Å²) in [5, 5.41) is 4.00. The highest BCUT2D eigenvalue weighted by molar-refractivity contribution is 5.84. The number of ether oxygens (including phenoxy) is 2. The molecule has 0 saturated heterocycles. The zero-order valence-electron chi connectivity index (χ0n) is 15.1. The molecule has 0 bridgehead atoms. The maximum Gasteiger partial charge on any atom is 0.407 e. The third-order valence-electron chi connectivity index (χ3n) is 4.30. The Hall–Kier alpha value is -2.30. The van der Waals surface area contributed by atoms with Gasteiger partial charge in [-0.3, -0.25) is 4.98 Å². The van der Waals surface area contributed by atoms with Crippen LogP contribution in [0.4, 0.5) is 4.79 Å². The van der Waals surface area contributed by atoms with Crippen molar-refractivity contribution in [3.05, 3.63) is 36.5 Å². The number of fused-ring (bicyclic) bond motifs is 1. The number of nitrogens with one attached hydrogen (secondary N) is 1. The zero-order valence-corrected chi connectivity index (χ0v) is 15.1. The number of para-hydroxylation sites is 1. The first-order chi connectivity index (χ1) is 11.9. The molecule has 0 spiro atoms. The summed E-state index contributed by atoms with van der Waals surface area (Å²) in [6.45, 7) is 5.61. The second-order valence-corrected chi connectivity index (χ2v) is 7.56. The number of alkyl carbamates (subject to hydrolysis) is 1. The van der Waals surface area contributed by atoms with Crippen molar-refractivity contribution in [2.45, 2.75) is 64.2 Å². The average molecular weight is 342 g/mol. The molecule has 134 valence electrons. The van der Waals surface area contributed by atoms with Crippen molar-refractivity contribution < 1.29 is 14.3 Å². The van der Waals surface area contributed by atoms with Crippen molar-refractivity contribution in [2.24, 2.45) is 0 Å². The molecule has 1 amide bonds. The fourth-order valence-corrected chi connectivity index (χ4v) is 3.15. The summed E-state index contributed by atoms with van der Waals surface area (Å²) < 4.78 is 11.5. The van der Waals surface area contributed by atoms with Crippen molar-refractivity contribution >= 4 is 17.0 Å². The normalized spacial score (nSPS) is 20.9. The van der Waals surface area contributed by atoms with Crippen LogP contribution in [0.1, 0.15) is 46.5 Å². The number of amides is 1. The van der Waals surface area contributed by atoms with Crippen molar-refractivity contribution in [3.8, 4) is 5.75 Å². The Kier molecular flexibility index (Phi) is 5.11. The summed E-state index contributed by atoms with van der Waals surface area (Å²) in [5.74, 6) is 0.883. The third-order valence-corrected chi connectivity index (χ3v) is 4.30. The van der Waals surface area contributed by atoms with E-state index in [2.05, 4.69) is 10.3 Å². The van der Waals surface area contributed by atoms with Crippen LogP contribution in [0.2, 0.25) is 0 Å². The average Bonchev–Trinajstić information content (AvgIpc) is 2.55. The molecule has 5 nitrogen and oxygen atoms in total. The van der Waals surface area contributed by atoms with E-state index in [4.69, 9.17) is 9.47 Å². The van der Waals surface area contributed by atoms with E-state index in [9.17, 15) is 4.79 Å². The van der Waals surface area contributed by atoms with Gasteiger partial charge in [-0.15, -0.1) is 0 Å². The molecule has 0 atom stereocenters. The topological polar surface area (TPSA) is 60.5 Å². The molecule has 0 aliphatic heterocycles. The lowest BCUT2D eigenvalue weighted by atomic mass is 9.93. The van der Waals surface area contributed by atoms with E-state index < -0.39 is 5.60 Å². The van der Waals surface area contributed by atoms with Crippen molar-refractivity contribution in [1.29, 1.82) is 0 Å². The zero-order chi connectivity index (χ0) is 17.9. The van der Waals surface area contributed by atoms with Gasteiger partial charge in [-0.1, -0.05) is 12.1 Å². The summed E-state index contributed by atoms with van der Waals surface area (Å²) in [5.41, 5.74) is 0.479. The standard InChI is InChI=1S/C20H26N2O3/c1-20(2,3)25-19(23)22-14-8-10-15(11-9-14)24-18-12-13-21-17-7-5-4-6-16(17)18/h4-7,12-15H,8-11H2,1-3H3,(H,22,23)/t14-,15-. The van der Waals surface area contributed by atoms with Crippen LogP contribution in [0, 0.1) is 0 Å². The van der Waals surface area contributed by atoms with Gasteiger partial charge in [-0.05, 0) is 64.7 Å². The Balaban J connectivity index is 1.53. The first-order valence-corrected chi connectivity index (χ1v) is 8.91. The molecule has 3 rings (SSSR count). The largest absolute Gasteiger partial charge is 0.490 e. The van der Waals surface area contributed by atoms with E-state index in [1.54, 1.807) is 6.20 Å². The molecule has 0 unspecified atom stereocenters. The lowest BCUT2D eigenvalue weighted by Crippen LogP contribution is -2.42. The number of carbonyl (C=O) groups is 1.